The van der Waals surface area contributed by atoms with E-state index in [1.807, 2.05) is 30.3 Å². The molecule has 4 heteroatoms. The Kier molecular flexibility index (Phi) is 8.87. The third-order valence-corrected chi connectivity index (χ3v) is 8.00. The second kappa shape index (κ2) is 11.6. The van der Waals surface area contributed by atoms with Gasteiger partial charge in [0.2, 0.25) is 0 Å². The van der Waals surface area contributed by atoms with Crippen LogP contribution in [0.4, 0.5) is 0 Å². The topological polar surface area (TPSA) is 21.6 Å². The van der Waals surface area contributed by atoms with Gasteiger partial charge in [-0.25, -0.2) is 12.1 Å². The first-order chi connectivity index (χ1) is 15.5. The second-order valence-corrected chi connectivity index (χ2v) is 11.1. The van der Waals surface area contributed by atoms with E-state index in [2.05, 4.69) is 99.6 Å². The number of hydrogen-bond donors (Lipinski definition) is 0. The Balaban J connectivity index is 0.000000453. The van der Waals surface area contributed by atoms with Crippen molar-refractivity contribution in [3.63, 3.8) is 0 Å². The molecule has 0 radical (unpaired) electrons. The summed E-state index contributed by atoms with van der Waals surface area (Å²) in [4.78, 5) is 4.94. The fourth-order valence-electron chi connectivity index (χ4n) is 3.65. The molecule has 1 aliphatic rings. The standard InChI is InChI=1S/C24H25NOP.C5H5.Fe/c1-24(2,3)22-17-26-23(25-22)20-15-10-16-21(20)27(18-11-6-4-7-12-18)19-13-8-5-9-14-19;1-2-4-5-3-1;/h4-16,22H,17H2,1-3H3;1-5H;/q-1;-5;/t22-;;/m0../s1. The molecule has 1 aliphatic heterocycles. The van der Waals surface area contributed by atoms with Crippen molar-refractivity contribution in [2.45, 2.75) is 26.8 Å². The number of aliphatic imine (C=N–C) groups is 1. The van der Waals surface area contributed by atoms with Crippen molar-refractivity contribution in [2.24, 2.45) is 10.4 Å². The fourth-order valence-corrected chi connectivity index (χ4v) is 6.09. The maximum absolute atomic E-state index is 6.06. The zero-order valence-corrected chi connectivity index (χ0v) is 21.3. The molecular weight excluding hydrogens is 465 g/mol. The number of hydrogen-bond acceptors (Lipinski definition) is 2. The van der Waals surface area contributed by atoms with Crippen LogP contribution in [-0.2, 0) is 21.8 Å². The van der Waals surface area contributed by atoms with Crippen LogP contribution in [0.1, 0.15) is 26.3 Å². The quantitative estimate of drug-likeness (QED) is 0.201. The van der Waals surface area contributed by atoms with Gasteiger partial charge >= 0.3 is 0 Å². The molecule has 1 atom stereocenters. The molecule has 0 amide bonds. The maximum Gasteiger partial charge on any atom is 0.157 e. The van der Waals surface area contributed by atoms with Crippen molar-refractivity contribution in [1.29, 1.82) is 0 Å². The van der Waals surface area contributed by atoms with E-state index in [4.69, 9.17) is 9.73 Å². The van der Waals surface area contributed by atoms with Crippen LogP contribution >= 0.6 is 7.92 Å². The van der Waals surface area contributed by atoms with Gasteiger partial charge in [0.05, 0.1) is 6.04 Å². The van der Waals surface area contributed by atoms with Gasteiger partial charge in [0.15, 0.2) is 5.90 Å². The zero-order valence-electron chi connectivity index (χ0n) is 19.3. The van der Waals surface area contributed by atoms with Crippen LogP contribution in [0.2, 0.25) is 0 Å². The summed E-state index contributed by atoms with van der Waals surface area (Å²) >= 11 is 0. The number of ether oxygens (including phenoxy) is 1. The van der Waals surface area contributed by atoms with Crippen LogP contribution in [0, 0.1) is 5.41 Å². The summed E-state index contributed by atoms with van der Waals surface area (Å²) in [6, 6.07) is 38.3. The zero-order chi connectivity index (χ0) is 22.4. The molecular formula is C29H30FeNOP-6. The predicted molar refractivity (Wildman–Crippen MR) is 139 cm³/mol. The van der Waals surface area contributed by atoms with Gasteiger partial charge in [-0.05, 0) is 23.9 Å². The molecule has 4 aromatic rings. The molecule has 33 heavy (non-hydrogen) atoms. The van der Waals surface area contributed by atoms with E-state index in [1.165, 1.54) is 15.9 Å². The van der Waals surface area contributed by atoms with E-state index < -0.39 is 7.92 Å². The van der Waals surface area contributed by atoms with Crippen molar-refractivity contribution in [1.82, 2.24) is 0 Å². The van der Waals surface area contributed by atoms with E-state index >= 15 is 0 Å². The van der Waals surface area contributed by atoms with E-state index in [0.29, 0.717) is 6.61 Å². The minimum atomic E-state index is -0.649. The molecule has 0 saturated heterocycles. The van der Waals surface area contributed by atoms with Crippen molar-refractivity contribution >= 4 is 29.7 Å². The van der Waals surface area contributed by atoms with Gasteiger partial charge in [0, 0.05) is 17.1 Å². The summed E-state index contributed by atoms with van der Waals surface area (Å²) in [5.74, 6) is 0.800. The Bertz CT molecular complexity index is 1050. The van der Waals surface area contributed by atoms with E-state index in [9.17, 15) is 0 Å². The van der Waals surface area contributed by atoms with Crippen LogP contribution in [0.5, 0.6) is 0 Å². The molecule has 2 nitrogen and oxygen atoms in total. The SMILES string of the molecule is CC(C)(C)[C@@H]1COC([c-]2cccc2P(c2ccccc2)c2ccccc2)=N1.[Fe].[cH-]1[cH-][cH-][cH-][cH-]1. The summed E-state index contributed by atoms with van der Waals surface area (Å²) in [6.45, 7) is 7.33. The minimum absolute atomic E-state index is 0. The van der Waals surface area contributed by atoms with Crippen molar-refractivity contribution in [3.8, 4) is 0 Å². The second-order valence-electron chi connectivity index (χ2n) is 8.92. The van der Waals surface area contributed by atoms with E-state index in [0.717, 1.165) is 11.5 Å². The smallest absolute Gasteiger partial charge is 0.157 e. The van der Waals surface area contributed by atoms with Crippen LogP contribution in [0.3, 0.4) is 0 Å². The first-order valence-corrected chi connectivity index (χ1v) is 12.4. The van der Waals surface area contributed by atoms with Crippen LogP contribution in [-0.4, -0.2) is 18.5 Å². The summed E-state index contributed by atoms with van der Waals surface area (Å²) in [6.07, 6.45) is 0. The first-order valence-electron chi connectivity index (χ1n) is 11.1. The number of benzene rings is 2. The van der Waals surface area contributed by atoms with Crippen molar-refractivity contribution < 1.29 is 21.8 Å². The molecule has 0 bridgehead atoms. The average Bonchev–Trinajstić information content (AvgIpc) is 3.58. The van der Waals surface area contributed by atoms with E-state index in [1.54, 1.807) is 0 Å². The summed E-state index contributed by atoms with van der Waals surface area (Å²) in [7, 11) is -0.649. The van der Waals surface area contributed by atoms with Gasteiger partial charge in [-0.1, -0.05) is 87.0 Å². The summed E-state index contributed by atoms with van der Waals surface area (Å²) in [5.41, 5.74) is 1.25. The maximum atomic E-state index is 6.06. The normalized spacial score (nSPS) is 15.2. The number of nitrogens with zero attached hydrogens (tertiary/aromatic N) is 1. The Morgan fingerprint density at radius 3 is 1.79 bits per heavy atom. The Morgan fingerprint density at radius 2 is 1.33 bits per heavy atom. The minimum Gasteiger partial charge on any atom is -0.748 e. The molecule has 4 aromatic carbocycles. The summed E-state index contributed by atoms with van der Waals surface area (Å²) < 4.78 is 6.06. The molecule has 5 rings (SSSR count). The molecule has 176 valence electrons. The molecule has 1 heterocycles. The fraction of sp³-hybridized carbons (Fsp3) is 0.207. The predicted octanol–water partition coefficient (Wildman–Crippen LogP) is 5.76. The third-order valence-electron chi connectivity index (χ3n) is 5.50. The third kappa shape index (κ3) is 6.33. The molecule has 0 aliphatic carbocycles. The molecule has 0 aromatic heterocycles. The molecule has 0 spiro atoms. The molecule has 0 unspecified atom stereocenters. The van der Waals surface area contributed by atoms with Gasteiger partial charge in [0.25, 0.3) is 0 Å². The first kappa shape index (κ1) is 25.2. The summed E-state index contributed by atoms with van der Waals surface area (Å²) in [5, 5.41) is 4.00. The van der Waals surface area contributed by atoms with Crippen LogP contribution in [0.15, 0.2) is 114 Å². The van der Waals surface area contributed by atoms with Crippen LogP contribution in [0.25, 0.3) is 0 Å². The van der Waals surface area contributed by atoms with Gasteiger partial charge in [-0.2, -0.15) is 6.07 Å². The number of rotatable bonds is 4. The van der Waals surface area contributed by atoms with Crippen LogP contribution < -0.4 is 15.9 Å². The van der Waals surface area contributed by atoms with Gasteiger partial charge in [-0.3, -0.25) is 4.99 Å². The van der Waals surface area contributed by atoms with Crippen molar-refractivity contribution in [3.05, 3.63) is 115 Å². The molecule has 0 N–H and O–H groups in total. The van der Waals surface area contributed by atoms with E-state index in [-0.39, 0.29) is 28.5 Å². The van der Waals surface area contributed by atoms with Gasteiger partial charge in [-0.15, -0.1) is 5.30 Å². The molecule has 0 saturated carbocycles. The average molecular weight is 495 g/mol. The molecule has 0 fully saturated rings. The Morgan fingerprint density at radius 1 is 0.818 bits per heavy atom. The van der Waals surface area contributed by atoms with Gasteiger partial charge in [0.1, 0.15) is 6.61 Å². The monoisotopic (exact) mass is 495 g/mol. The Hall–Kier alpha value is -2.44. The van der Waals surface area contributed by atoms with Gasteiger partial charge < -0.3 is 35.1 Å². The van der Waals surface area contributed by atoms with Crippen molar-refractivity contribution in [2.75, 3.05) is 6.61 Å². The largest absolute Gasteiger partial charge is 0.748 e. The Labute approximate surface area is 209 Å².